The molecule has 0 aromatic rings. The third-order valence-electron chi connectivity index (χ3n) is 7.80. The zero-order valence-electron chi connectivity index (χ0n) is 27.9. The van der Waals surface area contributed by atoms with E-state index >= 15 is 0 Å². The van der Waals surface area contributed by atoms with Crippen LogP contribution in [0.3, 0.4) is 0 Å². The maximum Gasteiger partial charge on any atom is 1.00 e. The van der Waals surface area contributed by atoms with Gasteiger partial charge in [0.1, 0.15) is 11.9 Å². The average molecular weight is 605 g/mol. The largest absolute Gasteiger partial charge is 1.00 e. The Bertz CT molecular complexity index is 585. The molecule has 0 N–H and O–H groups in total. The minimum absolute atomic E-state index is 0. The van der Waals surface area contributed by atoms with Gasteiger partial charge in [0.25, 0.3) is 10.1 Å². The first-order chi connectivity index (χ1) is 19.0. The minimum atomic E-state index is -3.77. The molecule has 0 amide bonds. The van der Waals surface area contributed by atoms with E-state index in [1.54, 1.807) is 0 Å². The van der Waals surface area contributed by atoms with E-state index in [1.807, 2.05) is 0 Å². The third-order valence-corrected chi connectivity index (χ3v) is 9.09. The van der Waals surface area contributed by atoms with Crippen molar-refractivity contribution < 1.29 is 52.4 Å². The number of alkyl halides is 2. The van der Waals surface area contributed by atoms with Crippen molar-refractivity contribution >= 4 is 10.1 Å². The van der Waals surface area contributed by atoms with Crippen molar-refractivity contribution in [3.63, 3.8) is 0 Å². The van der Waals surface area contributed by atoms with Gasteiger partial charge in [0.2, 0.25) is 0 Å². The molecule has 0 saturated heterocycles. The van der Waals surface area contributed by atoms with Gasteiger partial charge in [-0.25, -0.2) is 4.39 Å². The van der Waals surface area contributed by atoms with Crippen molar-refractivity contribution in [2.75, 3.05) is 19.0 Å². The Hall–Kier alpha value is 0.770. The van der Waals surface area contributed by atoms with Crippen LogP contribution in [0, 0.1) is 0 Å². The van der Waals surface area contributed by atoms with Crippen LogP contribution >= 0.6 is 0 Å². The molecule has 0 aliphatic heterocycles. The van der Waals surface area contributed by atoms with Crippen molar-refractivity contribution in [2.24, 2.45) is 0 Å². The molecule has 0 aromatic heterocycles. The molecule has 0 aromatic carbocycles. The van der Waals surface area contributed by atoms with Crippen molar-refractivity contribution in [1.82, 2.24) is 0 Å². The molecule has 0 aliphatic carbocycles. The summed E-state index contributed by atoms with van der Waals surface area (Å²) >= 11 is 0. The van der Waals surface area contributed by atoms with Gasteiger partial charge in [-0.15, -0.1) is 0 Å². The van der Waals surface area contributed by atoms with E-state index in [4.69, 9.17) is 4.18 Å². The van der Waals surface area contributed by atoms with Crippen LogP contribution in [-0.4, -0.2) is 33.6 Å². The normalized spacial score (nSPS) is 12.5. The summed E-state index contributed by atoms with van der Waals surface area (Å²) in [5.41, 5.74) is 0. The van der Waals surface area contributed by atoms with Gasteiger partial charge in [-0.3, -0.25) is 8.57 Å². The van der Waals surface area contributed by atoms with E-state index in [1.165, 1.54) is 109 Å². The second-order valence-electron chi connectivity index (χ2n) is 11.8. The van der Waals surface area contributed by atoms with Gasteiger partial charge >= 0.3 is 29.6 Å². The molecular formula is C33H67F2NaO3S. The Morgan fingerprint density at radius 1 is 0.550 bits per heavy atom. The van der Waals surface area contributed by atoms with Gasteiger partial charge in [-0.2, -0.15) is 8.42 Å². The molecule has 0 saturated carbocycles. The number of halogens is 2. The second-order valence-corrected chi connectivity index (χ2v) is 13.5. The van der Waals surface area contributed by atoms with E-state index < -0.39 is 22.0 Å². The van der Waals surface area contributed by atoms with Gasteiger partial charge in [-0.1, -0.05) is 167 Å². The summed E-state index contributed by atoms with van der Waals surface area (Å²) < 4.78 is 55.0. The predicted octanol–water partition coefficient (Wildman–Crippen LogP) is 8.70. The van der Waals surface area contributed by atoms with E-state index in [2.05, 4.69) is 6.92 Å². The summed E-state index contributed by atoms with van der Waals surface area (Å²) in [6.07, 6.45) is 31.3. The molecule has 0 bridgehead atoms. The number of rotatable bonds is 33. The smallest absolute Gasteiger partial charge is 1.00 e. The fourth-order valence-electron chi connectivity index (χ4n) is 5.24. The summed E-state index contributed by atoms with van der Waals surface area (Å²) in [6, 6.07) is 0. The summed E-state index contributed by atoms with van der Waals surface area (Å²) in [4.78, 5) is 0. The average Bonchev–Trinajstić information content (AvgIpc) is 2.90. The van der Waals surface area contributed by atoms with Gasteiger partial charge in [0.15, 0.2) is 0 Å². The topological polar surface area (TPSA) is 43.4 Å². The number of hydrogen-bond donors (Lipinski definition) is 0. The maximum atomic E-state index is 14.0. The Balaban J connectivity index is -0.00000722. The second kappa shape index (κ2) is 34.3. The van der Waals surface area contributed by atoms with Crippen LogP contribution < -0.4 is 29.6 Å². The van der Waals surface area contributed by atoms with Crippen molar-refractivity contribution in [2.45, 2.75) is 193 Å². The van der Waals surface area contributed by atoms with E-state index in [9.17, 15) is 17.2 Å². The summed E-state index contributed by atoms with van der Waals surface area (Å²) in [6.45, 7) is 2.20. The Morgan fingerprint density at radius 3 is 1.25 bits per heavy atom. The molecule has 0 fully saturated rings. The van der Waals surface area contributed by atoms with E-state index in [0.717, 1.165) is 51.4 Å². The zero-order valence-corrected chi connectivity index (χ0v) is 29.7. The molecule has 0 spiro atoms. The first-order valence-electron chi connectivity index (χ1n) is 17.1. The molecule has 0 heterocycles. The molecule has 7 heteroatoms. The van der Waals surface area contributed by atoms with Crippen molar-refractivity contribution in [1.29, 1.82) is 0 Å². The zero-order chi connectivity index (χ0) is 28.7. The number of unbranched alkanes of at least 4 members (excludes halogenated alkanes) is 25. The molecule has 3 nitrogen and oxygen atoms in total. The third kappa shape index (κ3) is 35.0. The van der Waals surface area contributed by atoms with Gasteiger partial charge < -0.3 is 1.43 Å². The molecule has 1 atom stereocenters. The van der Waals surface area contributed by atoms with Crippen LogP contribution in [0.15, 0.2) is 0 Å². The monoisotopic (exact) mass is 604 g/mol. The molecule has 1 unspecified atom stereocenters. The van der Waals surface area contributed by atoms with Crippen molar-refractivity contribution in [3.05, 3.63) is 0 Å². The molecule has 0 rings (SSSR count). The summed E-state index contributed by atoms with van der Waals surface area (Å²) in [5, 5.41) is 0. The Labute approximate surface area is 273 Å². The standard InChI is InChI=1S/C33H66F2O3S.Na.H/c1-2-3-4-5-6-7-8-9-10-11-12-13-14-15-16-17-18-22-25-28-31-38-39(36,37)32-33(35)29-26-23-20-19-21-24-27-30-34;;/h33H,2-32H2,1H3;;/q;+1;-1. The molecule has 0 radical (unpaired) electrons. The molecule has 0 aliphatic rings. The van der Waals surface area contributed by atoms with Crippen LogP contribution in [0.4, 0.5) is 8.78 Å². The Morgan fingerprint density at radius 2 is 0.875 bits per heavy atom. The van der Waals surface area contributed by atoms with Gasteiger partial charge in [0.05, 0.1) is 13.3 Å². The number of hydrogen-bond acceptors (Lipinski definition) is 3. The predicted molar refractivity (Wildman–Crippen MR) is 167 cm³/mol. The molecular weight excluding hydrogens is 537 g/mol. The van der Waals surface area contributed by atoms with E-state index in [0.29, 0.717) is 12.8 Å². The van der Waals surface area contributed by atoms with Crippen LogP contribution in [0.5, 0.6) is 0 Å². The minimum Gasteiger partial charge on any atom is -1.00 e. The SMILES string of the molecule is CCCCCCCCCCCCCCCCCCCCCCOS(=O)(=O)CC(F)CCCCCCCCCF.[H-].[Na+]. The fraction of sp³-hybridized carbons (Fsp3) is 1.00. The fourth-order valence-corrected chi connectivity index (χ4v) is 6.32. The van der Waals surface area contributed by atoms with Crippen LogP contribution in [0.1, 0.15) is 188 Å². The Kier molecular flexibility index (Phi) is 36.7. The maximum absolute atomic E-state index is 14.0. The van der Waals surface area contributed by atoms with Crippen LogP contribution in [0.2, 0.25) is 0 Å². The first kappa shape index (κ1) is 42.9. The molecule has 40 heavy (non-hydrogen) atoms. The summed E-state index contributed by atoms with van der Waals surface area (Å²) in [5.74, 6) is -0.525. The van der Waals surface area contributed by atoms with Gasteiger partial charge in [0, 0.05) is 0 Å². The van der Waals surface area contributed by atoms with Crippen LogP contribution in [0.25, 0.3) is 0 Å². The van der Waals surface area contributed by atoms with Gasteiger partial charge in [-0.05, 0) is 19.3 Å². The first-order valence-corrected chi connectivity index (χ1v) is 18.7. The van der Waals surface area contributed by atoms with Crippen LogP contribution in [-0.2, 0) is 14.3 Å². The molecule has 238 valence electrons. The quantitative estimate of drug-likeness (QED) is 0.0428. The summed E-state index contributed by atoms with van der Waals surface area (Å²) in [7, 11) is -3.77. The van der Waals surface area contributed by atoms with Crippen molar-refractivity contribution in [3.8, 4) is 0 Å². The van der Waals surface area contributed by atoms with E-state index in [-0.39, 0.29) is 50.7 Å².